The molecule has 0 fully saturated rings. The van der Waals surface area contributed by atoms with Gasteiger partial charge < -0.3 is 4.84 Å². The van der Waals surface area contributed by atoms with Crippen molar-refractivity contribution in [2.24, 2.45) is 4.99 Å². The molecule has 0 aliphatic carbocycles. The molecule has 0 saturated carbocycles. The van der Waals surface area contributed by atoms with E-state index < -0.39 is 5.66 Å². The molecule has 0 atom stereocenters. The summed E-state index contributed by atoms with van der Waals surface area (Å²) in [6.45, 7) is 2.06. The maximum atomic E-state index is 6.20. The van der Waals surface area contributed by atoms with Gasteiger partial charge in [-0.05, 0) is 12.1 Å². The first-order valence-electron chi connectivity index (χ1n) is 8.57. The van der Waals surface area contributed by atoms with Crippen molar-refractivity contribution in [3.63, 3.8) is 0 Å². The molecule has 124 valence electrons. The molecule has 3 aromatic carbocycles. The SMILES string of the molecule is CCC1=NC(c2ccccc2)(c2ccccc2)N(c2ccccc2)O1. The van der Waals surface area contributed by atoms with E-state index in [1.54, 1.807) is 0 Å². The van der Waals surface area contributed by atoms with Gasteiger partial charge in [0.15, 0.2) is 0 Å². The van der Waals surface area contributed by atoms with Gasteiger partial charge in [0, 0.05) is 17.5 Å². The van der Waals surface area contributed by atoms with Gasteiger partial charge in [-0.25, -0.2) is 4.99 Å². The fourth-order valence-corrected chi connectivity index (χ4v) is 3.24. The smallest absolute Gasteiger partial charge is 0.220 e. The van der Waals surface area contributed by atoms with Gasteiger partial charge in [0.25, 0.3) is 0 Å². The van der Waals surface area contributed by atoms with E-state index in [0.717, 1.165) is 29.1 Å². The first-order chi connectivity index (χ1) is 12.3. The third kappa shape index (κ3) is 2.58. The minimum absolute atomic E-state index is 0.727. The van der Waals surface area contributed by atoms with Crippen molar-refractivity contribution in [2.45, 2.75) is 19.0 Å². The maximum absolute atomic E-state index is 6.20. The van der Waals surface area contributed by atoms with E-state index in [1.165, 1.54) is 0 Å². The van der Waals surface area contributed by atoms with Crippen LogP contribution in [0.3, 0.4) is 0 Å². The first-order valence-corrected chi connectivity index (χ1v) is 8.57. The second-order valence-electron chi connectivity index (χ2n) is 5.98. The van der Waals surface area contributed by atoms with Crippen LogP contribution in [0.2, 0.25) is 0 Å². The van der Waals surface area contributed by atoms with Crippen LogP contribution < -0.4 is 5.06 Å². The highest BCUT2D eigenvalue weighted by Gasteiger charge is 2.47. The molecule has 3 aromatic rings. The van der Waals surface area contributed by atoms with Crippen molar-refractivity contribution in [3.8, 4) is 0 Å². The Bertz CT molecular complexity index is 821. The van der Waals surface area contributed by atoms with E-state index >= 15 is 0 Å². The summed E-state index contributed by atoms with van der Waals surface area (Å²) in [4.78, 5) is 11.3. The van der Waals surface area contributed by atoms with Crippen LogP contribution in [0.5, 0.6) is 0 Å². The normalized spacial score (nSPS) is 15.6. The third-order valence-corrected chi connectivity index (χ3v) is 4.42. The molecule has 0 saturated heterocycles. The Morgan fingerprint density at radius 1 is 0.760 bits per heavy atom. The van der Waals surface area contributed by atoms with Crippen LogP contribution in [0.15, 0.2) is 96.0 Å². The highest BCUT2D eigenvalue weighted by atomic mass is 16.7. The molecule has 1 heterocycles. The van der Waals surface area contributed by atoms with Crippen molar-refractivity contribution in [3.05, 3.63) is 102 Å². The number of aliphatic imine (C=N–C) groups is 1. The first kappa shape index (κ1) is 15.5. The summed E-state index contributed by atoms with van der Waals surface area (Å²) in [7, 11) is 0. The lowest BCUT2D eigenvalue weighted by Gasteiger charge is -2.36. The van der Waals surface area contributed by atoms with Crippen LogP contribution in [0.25, 0.3) is 0 Å². The molecule has 4 rings (SSSR count). The zero-order chi connectivity index (χ0) is 17.1. The summed E-state index contributed by atoms with van der Waals surface area (Å²) >= 11 is 0. The summed E-state index contributed by atoms with van der Waals surface area (Å²) < 4.78 is 0. The Labute approximate surface area is 148 Å². The highest BCUT2D eigenvalue weighted by Crippen LogP contribution is 2.44. The predicted molar refractivity (Wildman–Crippen MR) is 101 cm³/mol. The van der Waals surface area contributed by atoms with Crippen molar-refractivity contribution in [1.29, 1.82) is 0 Å². The number of hydrogen-bond donors (Lipinski definition) is 0. The summed E-state index contributed by atoms with van der Waals surface area (Å²) in [6.07, 6.45) is 0.741. The number of rotatable bonds is 4. The lowest BCUT2D eigenvalue weighted by Crippen LogP contribution is -2.42. The minimum atomic E-state index is -0.727. The zero-order valence-corrected chi connectivity index (χ0v) is 14.2. The molecular weight excluding hydrogens is 308 g/mol. The van der Waals surface area contributed by atoms with Crippen molar-refractivity contribution in [2.75, 3.05) is 5.06 Å². The van der Waals surface area contributed by atoms with Gasteiger partial charge in [0.2, 0.25) is 11.6 Å². The van der Waals surface area contributed by atoms with Gasteiger partial charge in [0.1, 0.15) is 0 Å². The molecule has 0 amide bonds. The molecule has 0 bridgehead atoms. The van der Waals surface area contributed by atoms with E-state index in [-0.39, 0.29) is 0 Å². The summed E-state index contributed by atoms with van der Waals surface area (Å²) in [6, 6.07) is 30.8. The van der Waals surface area contributed by atoms with Gasteiger partial charge in [0.05, 0.1) is 5.69 Å². The van der Waals surface area contributed by atoms with Gasteiger partial charge in [-0.2, -0.15) is 5.06 Å². The van der Waals surface area contributed by atoms with Gasteiger partial charge in [-0.1, -0.05) is 85.8 Å². The number of hydrogen-bond acceptors (Lipinski definition) is 3. The Morgan fingerprint density at radius 2 is 1.24 bits per heavy atom. The van der Waals surface area contributed by atoms with Gasteiger partial charge in [-0.15, -0.1) is 0 Å². The van der Waals surface area contributed by atoms with Crippen molar-refractivity contribution < 1.29 is 4.84 Å². The van der Waals surface area contributed by atoms with Crippen LogP contribution in [0, 0.1) is 0 Å². The number of para-hydroxylation sites is 1. The predicted octanol–water partition coefficient (Wildman–Crippen LogP) is 5.15. The average molecular weight is 328 g/mol. The Hall–Kier alpha value is -3.07. The van der Waals surface area contributed by atoms with Crippen molar-refractivity contribution >= 4 is 11.6 Å². The summed E-state index contributed by atoms with van der Waals surface area (Å²) in [5, 5.41) is 1.93. The molecule has 25 heavy (non-hydrogen) atoms. The molecule has 3 heteroatoms. The molecule has 0 N–H and O–H groups in total. The quantitative estimate of drug-likeness (QED) is 0.662. The molecular formula is C22H20N2O. The maximum Gasteiger partial charge on any atom is 0.220 e. The molecule has 0 unspecified atom stereocenters. The third-order valence-electron chi connectivity index (χ3n) is 4.42. The van der Waals surface area contributed by atoms with E-state index in [9.17, 15) is 0 Å². The number of nitrogens with zero attached hydrogens (tertiary/aromatic N) is 2. The van der Waals surface area contributed by atoms with Gasteiger partial charge >= 0.3 is 0 Å². The molecule has 0 radical (unpaired) electrons. The standard InChI is InChI=1S/C22H20N2O/c1-2-21-23-22(18-12-6-3-7-13-18,19-14-8-4-9-15-19)24(25-21)20-16-10-5-11-17-20/h3-17H,2H2,1H3. The van der Waals surface area contributed by atoms with Crippen LogP contribution in [-0.4, -0.2) is 5.90 Å². The number of anilines is 1. The largest absolute Gasteiger partial charge is 0.361 e. The second kappa shape index (κ2) is 6.44. The average Bonchev–Trinajstić information content (AvgIpc) is 3.11. The van der Waals surface area contributed by atoms with E-state index in [0.29, 0.717) is 0 Å². The fourth-order valence-electron chi connectivity index (χ4n) is 3.24. The topological polar surface area (TPSA) is 24.8 Å². The van der Waals surface area contributed by atoms with Crippen LogP contribution in [0.4, 0.5) is 5.69 Å². The fraction of sp³-hybridized carbons (Fsp3) is 0.136. The van der Waals surface area contributed by atoms with E-state index in [1.807, 2.05) is 59.7 Å². The Balaban J connectivity index is 1.98. The highest BCUT2D eigenvalue weighted by molar-refractivity contribution is 5.82. The molecule has 1 aliphatic heterocycles. The number of hydroxylamine groups is 1. The van der Waals surface area contributed by atoms with E-state index in [4.69, 9.17) is 9.83 Å². The summed E-state index contributed by atoms with van der Waals surface area (Å²) in [5.41, 5.74) is 2.40. The van der Waals surface area contributed by atoms with Crippen molar-refractivity contribution in [1.82, 2.24) is 0 Å². The summed E-state index contributed by atoms with van der Waals surface area (Å²) in [5.74, 6) is 0.733. The zero-order valence-electron chi connectivity index (χ0n) is 14.2. The molecule has 0 spiro atoms. The van der Waals surface area contributed by atoms with Gasteiger partial charge in [-0.3, -0.25) is 0 Å². The molecule has 3 nitrogen and oxygen atoms in total. The monoisotopic (exact) mass is 328 g/mol. The molecule has 1 aliphatic rings. The lowest BCUT2D eigenvalue weighted by atomic mass is 9.91. The van der Waals surface area contributed by atoms with Crippen LogP contribution in [-0.2, 0) is 10.5 Å². The minimum Gasteiger partial charge on any atom is -0.361 e. The lowest BCUT2D eigenvalue weighted by molar-refractivity contribution is 0.227. The van der Waals surface area contributed by atoms with E-state index in [2.05, 4.69) is 43.3 Å². The van der Waals surface area contributed by atoms with Crippen LogP contribution >= 0.6 is 0 Å². The second-order valence-corrected chi connectivity index (χ2v) is 5.98. The van der Waals surface area contributed by atoms with Crippen LogP contribution in [0.1, 0.15) is 24.5 Å². The Kier molecular flexibility index (Phi) is 3.98. The Morgan fingerprint density at radius 3 is 1.72 bits per heavy atom. The molecule has 0 aromatic heterocycles. The number of benzene rings is 3.